The molecular formula is C18H18O4. The molecule has 0 heterocycles. The van der Waals surface area contributed by atoms with Crippen molar-refractivity contribution in [2.24, 2.45) is 0 Å². The number of allylic oxidation sites excluding steroid dienone is 1. The van der Waals surface area contributed by atoms with Gasteiger partial charge >= 0.3 is 0 Å². The second kappa shape index (κ2) is 6.80. The summed E-state index contributed by atoms with van der Waals surface area (Å²) < 4.78 is 10.6. The minimum absolute atomic E-state index is 0.0272. The van der Waals surface area contributed by atoms with Gasteiger partial charge in [0.2, 0.25) is 0 Å². The molecule has 0 amide bonds. The summed E-state index contributed by atoms with van der Waals surface area (Å²) in [6, 6.07) is 10.1. The Kier molecular flexibility index (Phi) is 4.84. The molecule has 2 aromatic carbocycles. The molecule has 4 nitrogen and oxygen atoms in total. The molecule has 0 atom stereocenters. The Morgan fingerprint density at radius 2 is 1.86 bits per heavy atom. The zero-order chi connectivity index (χ0) is 16.1. The minimum Gasteiger partial charge on any atom is -0.507 e. The average Bonchev–Trinajstić information content (AvgIpc) is 2.52. The SMILES string of the molecule is COc1cc(/C=C/C(=O)c2ccccc2O)cc(C)c1OC. The van der Waals surface area contributed by atoms with Crippen LogP contribution in [0.4, 0.5) is 0 Å². The second-order valence-corrected chi connectivity index (χ2v) is 4.79. The lowest BCUT2D eigenvalue weighted by atomic mass is 10.1. The molecule has 0 aromatic heterocycles. The van der Waals surface area contributed by atoms with E-state index in [1.165, 1.54) is 12.1 Å². The van der Waals surface area contributed by atoms with E-state index in [1.807, 2.05) is 13.0 Å². The third kappa shape index (κ3) is 3.28. The lowest BCUT2D eigenvalue weighted by Gasteiger charge is -2.11. The number of methoxy groups -OCH3 is 2. The summed E-state index contributed by atoms with van der Waals surface area (Å²) in [5.41, 5.74) is 2.01. The van der Waals surface area contributed by atoms with Gasteiger partial charge in [-0.05, 0) is 48.4 Å². The Morgan fingerprint density at radius 3 is 2.50 bits per heavy atom. The van der Waals surface area contributed by atoms with Crippen molar-refractivity contribution in [3.63, 3.8) is 0 Å². The molecule has 4 heteroatoms. The van der Waals surface area contributed by atoms with Crippen LogP contribution in [-0.2, 0) is 0 Å². The van der Waals surface area contributed by atoms with Crippen molar-refractivity contribution in [2.45, 2.75) is 6.92 Å². The maximum atomic E-state index is 12.1. The molecule has 0 unspecified atom stereocenters. The number of hydrogen-bond donors (Lipinski definition) is 1. The molecule has 0 radical (unpaired) electrons. The van der Waals surface area contributed by atoms with Crippen molar-refractivity contribution in [1.82, 2.24) is 0 Å². The first kappa shape index (κ1) is 15.6. The van der Waals surface area contributed by atoms with Crippen molar-refractivity contribution >= 4 is 11.9 Å². The Labute approximate surface area is 129 Å². The van der Waals surface area contributed by atoms with Crippen LogP contribution in [0.3, 0.4) is 0 Å². The quantitative estimate of drug-likeness (QED) is 0.676. The highest BCUT2D eigenvalue weighted by molar-refractivity contribution is 6.08. The van der Waals surface area contributed by atoms with E-state index in [2.05, 4.69) is 0 Å². The molecule has 0 spiro atoms. The Bertz CT molecular complexity index is 717. The number of phenols is 1. The Balaban J connectivity index is 2.29. The summed E-state index contributed by atoms with van der Waals surface area (Å²) >= 11 is 0. The summed E-state index contributed by atoms with van der Waals surface area (Å²) in [6.45, 7) is 1.91. The predicted molar refractivity (Wildman–Crippen MR) is 85.8 cm³/mol. The summed E-state index contributed by atoms with van der Waals surface area (Å²) in [6.07, 6.45) is 3.11. The van der Waals surface area contributed by atoms with Crippen LogP contribution in [0.1, 0.15) is 21.5 Å². The zero-order valence-electron chi connectivity index (χ0n) is 12.8. The van der Waals surface area contributed by atoms with E-state index < -0.39 is 0 Å². The first-order valence-electron chi connectivity index (χ1n) is 6.80. The van der Waals surface area contributed by atoms with Gasteiger partial charge in [-0.25, -0.2) is 0 Å². The van der Waals surface area contributed by atoms with Gasteiger partial charge in [0.1, 0.15) is 5.75 Å². The number of aromatic hydroxyl groups is 1. The minimum atomic E-state index is -0.259. The van der Waals surface area contributed by atoms with Crippen molar-refractivity contribution < 1.29 is 19.4 Å². The molecule has 22 heavy (non-hydrogen) atoms. The number of carbonyl (C=O) groups excluding carboxylic acids is 1. The molecule has 0 saturated heterocycles. The normalized spacial score (nSPS) is 10.7. The summed E-state index contributed by atoms with van der Waals surface area (Å²) in [5.74, 6) is 0.995. The van der Waals surface area contributed by atoms with E-state index in [1.54, 1.807) is 44.6 Å². The van der Waals surface area contributed by atoms with Crippen molar-refractivity contribution in [3.8, 4) is 17.2 Å². The molecular weight excluding hydrogens is 280 g/mol. The molecule has 0 bridgehead atoms. The van der Waals surface area contributed by atoms with Crippen molar-refractivity contribution in [2.75, 3.05) is 14.2 Å². The van der Waals surface area contributed by atoms with Gasteiger partial charge in [0.05, 0.1) is 19.8 Å². The fourth-order valence-corrected chi connectivity index (χ4v) is 2.22. The molecule has 2 rings (SSSR count). The van der Waals surface area contributed by atoms with Crippen LogP contribution in [0.25, 0.3) is 6.08 Å². The fraction of sp³-hybridized carbons (Fsp3) is 0.167. The van der Waals surface area contributed by atoms with Gasteiger partial charge in [0.15, 0.2) is 17.3 Å². The number of hydrogen-bond acceptors (Lipinski definition) is 4. The van der Waals surface area contributed by atoms with Gasteiger partial charge in [-0.3, -0.25) is 4.79 Å². The molecule has 0 aliphatic heterocycles. The topological polar surface area (TPSA) is 55.8 Å². The maximum Gasteiger partial charge on any atom is 0.189 e. The average molecular weight is 298 g/mol. The number of carbonyl (C=O) groups is 1. The van der Waals surface area contributed by atoms with Crippen LogP contribution in [0.15, 0.2) is 42.5 Å². The first-order chi connectivity index (χ1) is 10.6. The summed E-state index contributed by atoms with van der Waals surface area (Å²) in [7, 11) is 3.15. The molecule has 2 aromatic rings. The highest BCUT2D eigenvalue weighted by atomic mass is 16.5. The standard InChI is InChI=1S/C18H18O4/c1-12-10-13(11-17(21-2)18(12)22-3)8-9-16(20)14-6-4-5-7-15(14)19/h4-11,19H,1-3H3/b9-8+. The lowest BCUT2D eigenvalue weighted by Crippen LogP contribution is -1.95. The van der Waals surface area contributed by atoms with E-state index in [0.717, 1.165) is 11.1 Å². The van der Waals surface area contributed by atoms with Gasteiger partial charge in [0, 0.05) is 0 Å². The number of phenolic OH excluding ortho intramolecular Hbond substituents is 1. The molecule has 0 fully saturated rings. The van der Waals surface area contributed by atoms with Gasteiger partial charge in [-0.15, -0.1) is 0 Å². The summed E-state index contributed by atoms with van der Waals surface area (Å²) in [4.78, 5) is 12.1. The zero-order valence-corrected chi connectivity index (χ0v) is 12.8. The molecule has 0 saturated carbocycles. The number of ether oxygens (including phenoxy) is 2. The third-order valence-electron chi connectivity index (χ3n) is 3.28. The molecule has 0 aliphatic rings. The number of aryl methyl sites for hydroxylation is 1. The number of ketones is 1. The predicted octanol–water partition coefficient (Wildman–Crippen LogP) is 3.61. The molecule has 114 valence electrons. The van der Waals surface area contributed by atoms with Crippen molar-refractivity contribution in [1.29, 1.82) is 0 Å². The summed E-state index contributed by atoms with van der Waals surface area (Å²) in [5, 5.41) is 9.68. The number of rotatable bonds is 5. The number of benzene rings is 2. The fourth-order valence-electron chi connectivity index (χ4n) is 2.22. The smallest absolute Gasteiger partial charge is 0.189 e. The van der Waals surface area contributed by atoms with Crippen molar-refractivity contribution in [3.05, 3.63) is 59.2 Å². The number of para-hydroxylation sites is 1. The molecule has 0 aliphatic carbocycles. The van der Waals surface area contributed by atoms with Crippen LogP contribution in [-0.4, -0.2) is 25.1 Å². The second-order valence-electron chi connectivity index (χ2n) is 4.79. The Morgan fingerprint density at radius 1 is 1.14 bits per heavy atom. The molecule has 1 N–H and O–H groups in total. The highest BCUT2D eigenvalue weighted by Gasteiger charge is 2.09. The van der Waals surface area contributed by atoms with E-state index in [9.17, 15) is 9.90 Å². The largest absolute Gasteiger partial charge is 0.507 e. The highest BCUT2D eigenvalue weighted by Crippen LogP contribution is 2.32. The first-order valence-corrected chi connectivity index (χ1v) is 6.80. The van der Waals surface area contributed by atoms with E-state index in [4.69, 9.17) is 9.47 Å². The van der Waals surface area contributed by atoms with Crippen LogP contribution in [0, 0.1) is 6.92 Å². The van der Waals surface area contributed by atoms with Gasteiger partial charge in [-0.1, -0.05) is 18.2 Å². The van der Waals surface area contributed by atoms with E-state index in [0.29, 0.717) is 11.5 Å². The van der Waals surface area contributed by atoms with Gasteiger partial charge in [-0.2, -0.15) is 0 Å². The lowest BCUT2D eigenvalue weighted by molar-refractivity contribution is 0.104. The van der Waals surface area contributed by atoms with Crippen LogP contribution >= 0.6 is 0 Å². The van der Waals surface area contributed by atoms with E-state index >= 15 is 0 Å². The van der Waals surface area contributed by atoms with Crippen LogP contribution in [0.5, 0.6) is 17.2 Å². The Hall–Kier alpha value is -2.75. The van der Waals surface area contributed by atoms with Gasteiger partial charge < -0.3 is 14.6 Å². The van der Waals surface area contributed by atoms with Crippen LogP contribution in [0.2, 0.25) is 0 Å². The third-order valence-corrected chi connectivity index (χ3v) is 3.28. The monoisotopic (exact) mass is 298 g/mol. The van der Waals surface area contributed by atoms with E-state index in [-0.39, 0.29) is 17.1 Å². The van der Waals surface area contributed by atoms with Gasteiger partial charge in [0.25, 0.3) is 0 Å². The maximum absolute atomic E-state index is 12.1. The van der Waals surface area contributed by atoms with Crippen LogP contribution < -0.4 is 9.47 Å².